The van der Waals surface area contributed by atoms with Crippen molar-refractivity contribution in [3.63, 3.8) is 0 Å². The van der Waals surface area contributed by atoms with Crippen LogP contribution in [0.3, 0.4) is 0 Å². The van der Waals surface area contributed by atoms with Gasteiger partial charge in [-0.15, -0.1) is 0 Å². The fraction of sp³-hybridized carbons (Fsp3) is 0.419. The highest BCUT2D eigenvalue weighted by molar-refractivity contribution is 5.92. The number of benzene rings is 2. The lowest BCUT2D eigenvalue weighted by molar-refractivity contribution is -0.122. The summed E-state index contributed by atoms with van der Waals surface area (Å²) in [6.07, 6.45) is 1.99. The molecule has 0 radical (unpaired) electrons. The second-order valence-corrected chi connectivity index (χ2v) is 11.1. The highest BCUT2D eigenvalue weighted by atomic mass is 16.5. The number of aromatic amines is 1. The van der Waals surface area contributed by atoms with Crippen LogP contribution >= 0.6 is 0 Å². The number of carbonyl (C=O) groups excluding carboxylic acids is 1. The van der Waals surface area contributed by atoms with Crippen LogP contribution in [0.25, 0.3) is 11.0 Å². The van der Waals surface area contributed by atoms with E-state index >= 15 is 0 Å². The minimum absolute atomic E-state index is 0.00354. The maximum Gasteiger partial charge on any atom is 0.233 e. The van der Waals surface area contributed by atoms with Gasteiger partial charge in [0.1, 0.15) is 11.6 Å². The topological polar surface area (TPSA) is 120 Å². The molecule has 10 heteroatoms. The third-order valence-corrected chi connectivity index (χ3v) is 7.64. The van der Waals surface area contributed by atoms with Gasteiger partial charge in [0.25, 0.3) is 0 Å². The molecular weight excluding hydrogens is 516 g/mol. The van der Waals surface area contributed by atoms with Crippen LogP contribution in [0.4, 0.5) is 23.1 Å². The number of hydrogen-bond donors (Lipinski definition) is 4. The van der Waals surface area contributed by atoms with E-state index in [1.165, 1.54) is 11.1 Å². The molecule has 0 aliphatic carbocycles. The average molecular weight is 557 g/mol. The van der Waals surface area contributed by atoms with E-state index in [0.29, 0.717) is 29.9 Å². The number of likely N-dealkylation sites (N-methyl/N-ethyl adjacent to an activating group) is 1. The molecule has 4 aromatic rings. The minimum Gasteiger partial charge on any atom is -0.489 e. The molecule has 0 atom stereocenters. The summed E-state index contributed by atoms with van der Waals surface area (Å²) in [5.41, 5.74) is 6.85. The minimum atomic E-state index is -0.00354. The van der Waals surface area contributed by atoms with Crippen LogP contribution in [0.5, 0.6) is 5.75 Å². The first kappa shape index (κ1) is 28.4. The Hall–Kier alpha value is -4.18. The highest BCUT2D eigenvalue weighted by Crippen LogP contribution is 2.38. The molecule has 41 heavy (non-hydrogen) atoms. The Morgan fingerprint density at radius 3 is 2.51 bits per heavy atom. The number of aromatic nitrogens is 4. The standard InChI is InChI=1S/C31H40N8O2/c1-18(2)41-26-16-23(22-11-13-39(14-12-22)17-27(40)32-6)20(4)15-25(26)34-31-35-29(28-21(5)37-38-30(28)36-31)33-24-10-8-7-9-19(24)3/h7-10,15-16,18,22H,11-14,17H2,1-6H3,(H,32,40)(H3,33,34,35,36,37,38). The van der Waals surface area contributed by atoms with Crippen LogP contribution in [0.1, 0.15) is 55.0 Å². The first-order valence-corrected chi connectivity index (χ1v) is 14.3. The molecular formula is C31H40N8O2. The van der Waals surface area contributed by atoms with E-state index in [-0.39, 0.29) is 12.0 Å². The summed E-state index contributed by atoms with van der Waals surface area (Å²) in [7, 11) is 1.69. The zero-order valence-corrected chi connectivity index (χ0v) is 24.8. The fourth-order valence-electron chi connectivity index (χ4n) is 5.45. The summed E-state index contributed by atoms with van der Waals surface area (Å²) in [6.45, 7) is 12.5. The number of amides is 1. The second-order valence-electron chi connectivity index (χ2n) is 11.1. The summed E-state index contributed by atoms with van der Waals surface area (Å²) in [4.78, 5) is 23.6. The molecule has 0 unspecified atom stereocenters. The van der Waals surface area contributed by atoms with Gasteiger partial charge in [-0.1, -0.05) is 18.2 Å². The van der Waals surface area contributed by atoms with Crippen molar-refractivity contribution in [2.75, 3.05) is 37.3 Å². The molecule has 1 amide bonds. The third kappa shape index (κ3) is 6.43. The number of ether oxygens (including phenoxy) is 1. The summed E-state index contributed by atoms with van der Waals surface area (Å²) in [5.74, 6) is 2.35. The van der Waals surface area contributed by atoms with E-state index in [1.54, 1.807) is 7.05 Å². The number of likely N-dealkylation sites (tertiary alicyclic amines) is 1. The average Bonchev–Trinajstić information content (AvgIpc) is 3.32. The molecule has 5 rings (SSSR count). The highest BCUT2D eigenvalue weighted by Gasteiger charge is 2.25. The summed E-state index contributed by atoms with van der Waals surface area (Å²) < 4.78 is 6.31. The van der Waals surface area contributed by atoms with Gasteiger partial charge in [0.15, 0.2) is 5.65 Å². The number of para-hydroxylation sites is 1. The van der Waals surface area contributed by atoms with Crippen molar-refractivity contribution in [2.24, 2.45) is 0 Å². The Morgan fingerprint density at radius 2 is 1.80 bits per heavy atom. The molecule has 4 N–H and O–H groups in total. The maximum absolute atomic E-state index is 11.8. The zero-order valence-electron chi connectivity index (χ0n) is 24.8. The van der Waals surface area contributed by atoms with Gasteiger partial charge in [-0.2, -0.15) is 15.1 Å². The quantitative estimate of drug-likeness (QED) is 0.214. The molecule has 2 aromatic heterocycles. The third-order valence-electron chi connectivity index (χ3n) is 7.64. The van der Waals surface area contributed by atoms with Gasteiger partial charge in [0.2, 0.25) is 11.9 Å². The molecule has 0 saturated carbocycles. The lowest BCUT2D eigenvalue weighted by Crippen LogP contribution is -2.40. The van der Waals surface area contributed by atoms with E-state index in [4.69, 9.17) is 14.7 Å². The number of rotatable bonds is 9. The molecule has 2 aromatic carbocycles. The number of fused-ring (bicyclic) bond motifs is 1. The predicted octanol–water partition coefficient (Wildman–Crippen LogP) is 5.48. The van der Waals surface area contributed by atoms with E-state index in [1.807, 2.05) is 39.0 Å². The number of carbonyl (C=O) groups is 1. The van der Waals surface area contributed by atoms with E-state index in [9.17, 15) is 4.79 Å². The molecule has 3 heterocycles. The number of anilines is 4. The Kier molecular flexibility index (Phi) is 8.39. The Morgan fingerprint density at radius 1 is 1.05 bits per heavy atom. The van der Waals surface area contributed by atoms with Crippen LogP contribution in [0, 0.1) is 20.8 Å². The van der Waals surface area contributed by atoms with Crippen LogP contribution in [-0.2, 0) is 4.79 Å². The van der Waals surface area contributed by atoms with Crippen molar-refractivity contribution < 1.29 is 9.53 Å². The van der Waals surface area contributed by atoms with E-state index in [0.717, 1.165) is 59.7 Å². The molecule has 1 aliphatic heterocycles. The number of nitrogens with zero attached hydrogens (tertiary/aromatic N) is 4. The largest absolute Gasteiger partial charge is 0.489 e. The molecule has 0 spiro atoms. The zero-order chi connectivity index (χ0) is 29.1. The number of nitrogens with one attached hydrogen (secondary N) is 4. The summed E-state index contributed by atoms with van der Waals surface area (Å²) in [5, 5.41) is 18.0. The maximum atomic E-state index is 11.8. The van der Waals surface area contributed by atoms with Crippen molar-refractivity contribution in [3.05, 3.63) is 58.8 Å². The van der Waals surface area contributed by atoms with Crippen LogP contribution < -0.4 is 20.7 Å². The number of piperidine rings is 1. The smallest absolute Gasteiger partial charge is 0.233 e. The predicted molar refractivity (Wildman–Crippen MR) is 164 cm³/mol. The van der Waals surface area contributed by atoms with Gasteiger partial charge in [0.05, 0.1) is 23.7 Å². The number of H-pyrrole nitrogens is 1. The van der Waals surface area contributed by atoms with Gasteiger partial charge in [-0.3, -0.25) is 14.8 Å². The van der Waals surface area contributed by atoms with Gasteiger partial charge >= 0.3 is 0 Å². The molecule has 1 fully saturated rings. The van der Waals surface area contributed by atoms with E-state index in [2.05, 4.69) is 63.1 Å². The number of aryl methyl sites for hydroxylation is 3. The van der Waals surface area contributed by atoms with Gasteiger partial charge < -0.3 is 20.7 Å². The summed E-state index contributed by atoms with van der Waals surface area (Å²) >= 11 is 0. The first-order valence-electron chi connectivity index (χ1n) is 14.3. The van der Waals surface area contributed by atoms with Crippen molar-refractivity contribution in [2.45, 2.75) is 59.5 Å². The monoisotopic (exact) mass is 556 g/mol. The number of hydrogen-bond acceptors (Lipinski definition) is 8. The van der Waals surface area contributed by atoms with Crippen LogP contribution in [0.15, 0.2) is 36.4 Å². The van der Waals surface area contributed by atoms with E-state index < -0.39 is 0 Å². The van der Waals surface area contributed by atoms with Crippen molar-refractivity contribution >= 4 is 40.1 Å². The lowest BCUT2D eigenvalue weighted by atomic mass is 9.86. The van der Waals surface area contributed by atoms with Gasteiger partial charge in [-0.25, -0.2) is 0 Å². The van der Waals surface area contributed by atoms with Crippen molar-refractivity contribution in [3.8, 4) is 5.75 Å². The molecule has 10 nitrogen and oxygen atoms in total. The van der Waals surface area contributed by atoms with Crippen molar-refractivity contribution in [1.29, 1.82) is 0 Å². The Labute approximate surface area is 241 Å². The molecule has 0 bridgehead atoms. The summed E-state index contributed by atoms with van der Waals surface area (Å²) in [6, 6.07) is 12.4. The molecule has 1 aliphatic rings. The first-order chi connectivity index (χ1) is 19.7. The normalized spacial score (nSPS) is 14.4. The SMILES string of the molecule is CNC(=O)CN1CCC(c2cc(OC(C)C)c(Nc3nc(Nc4ccccc4C)c4c(C)[nH]nc4n3)cc2C)CC1. The molecule has 216 valence electrons. The van der Waals surface area contributed by atoms with Gasteiger partial charge in [-0.05, 0) is 101 Å². The van der Waals surface area contributed by atoms with Gasteiger partial charge in [0, 0.05) is 18.4 Å². The lowest BCUT2D eigenvalue weighted by Gasteiger charge is -2.32. The van der Waals surface area contributed by atoms with Crippen molar-refractivity contribution in [1.82, 2.24) is 30.4 Å². The Balaban J connectivity index is 1.44. The fourth-order valence-corrected chi connectivity index (χ4v) is 5.45. The van der Waals surface area contributed by atoms with Crippen LogP contribution in [-0.4, -0.2) is 63.8 Å². The second kappa shape index (κ2) is 12.1. The Bertz CT molecular complexity index is 1540. The van der Waals surface area contributed by atoms with Crippen LogP contribution in [0.2, 0.25) is 0 Å². The molecule has 1 saturated heterocycles.